The Bertz CT molecular complexity index is 1040. The molecule has 0 bridgehead atoms. The van der Waals surface area contributed by atoms with Gasteiger partial charge in [0.2, 0.25) is 5.91 Å². The maximum Gasteiger partial charge on any atom is 0.407 e. The van der Waals surface area contributed by atoms with Crippen molar-refractivity contribution in [3.63, 3.8) is 0 Å². The van der Waals surface area contributed by atoms with Crippen LogP contribution in [0.1, 0.15) is 56.6 Å². The van der Waals surface area contributed by atoms with Crippen molar-refractivity contribution in [2.75, 3.05) is 26.2 Å². The molecule has 4 rings (SSSR count). The summed E-state index contributed by atoms with van der Waals surface area (Å²) in [5, 5.41) is 12.2. The Kier molecular flexibility index (Phi) is 7.43. The van der Waals surface area contributed by atoms with Gasteiger partial charge in [0.1, 0.15) is 6.61 Å². The Labute approximate surface area is 206 Å². The third kappa shape index (κ3) is 5.50. The average Bonchev–Trinajstić information content (AvgIpc) is 3.19. The van der Waals surface area contributed by atoms with Crippen LogP contribution in [0.25, 0.3) is 11.1 Å². The van der Waals surface area contributed by atoms with Crippen LogP contribution in [-0.4, -0.2) is 54.2 Å². The molecule has 1 unspecified atom stereocenters. The molecule has 0 spiro atoms. The van der Waals surface area contributed by atoms with E-state index in [4.69, 9.17) is 4.74 Å². The number of carboxylic acids is 1. The van der Waals surface area contributed by atoms with Crippen LogP contribution in [0.4, 0.5) is 4.79 Å². The summed E-state index contributed by atoms with van der Waals surface area (Å²) >= 11 is 0. The van der Waals surface area contributed by atoms with Gasteiger partial charge in [0.25, 0.3) is 0 Å². The van der Waals surface area contributed by atoms with Crippen LogP contribution in [0.3, 0.4) is 0 Å². The first-order valence-electron chi connectivity index (χ1n) is 12.4. The van der Waals surface area contributed by atoms with E-state index in [2.05, 4.69) is 29.6 Å². The lowest BCUT2D eigenvalue weighted by atomic mass is 9.80. The fourth-order valence-corrected chi connectivity index (χ4v) is 5.00. The molecule has 2 amide bonds. The largest absolute Gasteiger partial charge is 0.481 e. The van der Waals surface area contributed by atoms with Crippen LogP contribution in [0.15, 0.2) is 48.5 Å². The van der Waals surface area contributed by atoms with Gasteiger partial charge >= 0.3 is 12.1 Å². The molecular formula is C28H34N2O5. The highest BCUT2D eigenvalue weighted by Crippen LogP contribution is 2.44. The summed E-state index contributed by atoms with van der Waals surface area (Å²) in [7, 11) is 0. The summed E-state index contributed by atoms with van der Waals surface area (Å²) in [5.41, 5.74) is 4.00. The number of nitrogens with zero attached hydrogens (tertiary/aromatic N) is 1. The van der Waals surface area contributed by atoms with Crippen LogP contribution in [0.2, 0.25) is 0 Å². The first-order valence-corrected chi connectivity index (χ1v) is 12.4. The van der Waals surface area contributed by atoms with Gasteiger partial charge in [-0.15, -0.1) is 0 Å². The molecule has 7 nitrogen and oxygen atoms in total. The predicted molar refractivity (Wildman–Crippen MR) is 133 cm³/mol. The van der Waals surface area contributed by atoms with Gasteiger partial charge in [-0.25, -0.2) is 4.79 Å². The second-order valence-electron chi connectivity index (χ2n) is 10.1. The van der Waals surface area contributed by atoms with E-state index in [1.165, 1.54) is 22.3 Å². The van der Waals surface area contributed by atoms with Gasteiger partial charge in [-0.1, -0.05) is 55.5 Å². The highest BCUT2D eigenvalue weighted by atomic mass is 16.5. The van der Waals surface area contributed by atoms with E-state index in [-0.39, 0.29) is 24.3 Å². The molecular weight excluding hydrogens is 444 g/mol. The fraction of sp³-hybridized carbons (Fsp3) is 0.464. The van der Waals surface area contributed by atoms with Crippen LogP contribution in [0.5, 0.6) is 0 Å². The monoisotopic (exact) mass is 478 g/mol. The Morgan fingerprint density at radius 1 is 1.06 bits per heavy atom. The zero-order valence-corrected chi connectivity index (χ0v) is 20.5. The maximum absolute atomic E-state index is 12.5. The van der Waals surface area contributed by atoms with Gasteiger partial charge < -0.3 is 20.1 Å². The summed E-state index contributed by atoms with van der Waals surface area (Å²) in [6.45, 7) is 5.41. The molecule has 7 heteroatoms. The molecule has 2 aromatic carbocycles. The van der Waals surface area contributed by atoms with Gasteiger partial charge in [-0.3, -0.25) is 9.59 Å². The molecule has 186 valence electrons. The second-order valence-corrected chi connectivity index (χ2v) is 10.1. The van der Waals surface area contributed by atoms with Crippen LogP contribution < -0.4 is 5.32 Å². The van der Waals surface area contributed by atoms with E-state index in [0.717, 1.165) is 0 Å². The minimum absolute atomic E-state index is 0.0238. The van der Waals surface area contributed by atoms with Gasteiger partial charge in [0.05, 0.1) is 5.41 Å². The van der Waals surface area contributed by atoms with Crippen molar-refractivity contribution in [2.24, 2.45) is 11.3 Å². The SMILES string of the molecule is CC(CCC(=O)N1CCC(C)(C(=O)O)CC1)CNC(=O)OCC1c2ccccc2-c2ccccc21. The first-order chi connectivity index (χ1) is 16.8. The number of piperidine rings is 1. The van der Waals surface area contributed by atoms with Crippen molar-refractivity contribution in [1.82, 2.24) is 10.2 Å². The van der Waals surface area contributed by atoms with E-state index >= 15 is 0 Å². The van der Waals surface area contributed by atoms with Crippen LogP contribution in [-0.2, 0) is 14.3 Å². The van der Waals surface area contributed by atoms with E-state index in [9.17, 15) is 19.5 Å². The van der Waals surface area contributed by atoms with Gasteiger partial charge in [0, 0.05) is 32.0 Å². The molecule has 1 heterocycles. The number of fused-ring (bicyclic) bond motifs is 3. The minimum Gasteiger partial charge on any atom is -0.481 e. The number of likely N-dealkylation sites (tertiary alicyclic amines) is 1. The van der Waals surface area contributed by atoms with Crippen molar-refractivity contribution < 1.29 is 24.2 Å². The van der Waals surface area contributed by atoms with Crippen LogP contribution >= 0.6 is 0 Å². The normalized spacial score (nSPS) is 17.3. The third-order valence-corrected chi connectivity index (χ3v) is 7.53. The zero-order valence-electron chi connectivity index (χ0n) is 20.5. The van der Waals surface area contributed by atoms with E-state index in [0.29, 0.717) is 45.3 Å². The molecule has 1 saturated heterocycles. The quantitative estimate of drug-likeness (QED) is 0.576. The molecule has 0 aromatic heterocycles. The zero-order chi connectivity index (χ0) is 25.0. The number of carbonyl (C=O) groups is 3. The lowest BCUT2D eigenvalue weighted by molar-refractivity contribution is -0.153. The number of hydrogen-bond donors (Lipinski definition) is 2. The summed E-state index contributed by atoms with van der Waals surface area (Å²) in [5.74, 6) is -0.604. The Balaban J connectivity index is 1.19. The third-order valence-electron chi connectivity index (χ3n) is 7.53. The number of rotatable bonds is 8. The second kappa shape index (κ2) is 10.5. The molecule has 1 aliphatic heterocycles. The summed E-state index contributed by atoms with van der Waals surface area (Å²) < 4.78 is 5.58. The standard InChI is InChI=1S/C28H34N2O5/c1-19(11-12-25(31)30-15-13-28(2,14-16-30)26(32)33)17-29-27(34)35-18-24-22-9-5-3-7-20(22)21-8-4-6-10-23(21)24/h3-10,19,24H,11-18H2,1-2H3,(H,29,34)(H,32,33). The predicted octanol–water partition coefficient (Wildman–Crippen LogP) is 4.65. The van der Waals surface area contributed by atoms with Crippen LogP contribution in [0, 0.1) is 11.3 Å². The maximum atomic E-state index is 12.5. The van der Waals surface area contributed by atoms with Gasteiger partial charge in [-0.05, 0) is 54.4 Å². The topological polar surface area (TPSA) is 95.9 Å². The molecule has 1 atom stereocenters. The van der Waals surface area contributed by atoms with Crippen molar-refractivity contribution in [3.05, 3.63) is 59.7 Å². The highest BCUT2D eigenvalue weighted by Gasteiger charge is 2.38. The number of amides is 2. The minimum atomic E-state index is -0.794. The summed E-state index contributed by atoms with van der Waals surface area (Å²) in [6.07, 6.45) is 1.54. The lowest BCUT2D eigenvalue weighted by Gasteiger charge is -2.36. The fourth-order valence-electron chi connectivity index (χ4n) is 5.00. The number of hydrogen-bond acceptors (Lipinski definition) is 4. The molecule has 2 aliphatic rings. The Morgan fingerprint density at radius 2 is 1.63 bits per heavy atom. The van der Waals surface area contributed by atoms with Crippen molar-refractivity contribution >= 4 is 18.0 Å². The molecule has 2 aromatic rings. The van der Waals surface area contributed by atoms with Crippen molar-refractivity contribution in [2.45, 2.75) is 45.4 Å². The number of carbonyl (C=O) groups excluding carboxylic acids is 2. The molecule has 1 aliphatic carbocycles. The van der Waals surface area contributed by atoms with E-state index < -0.39 is 17.5 Å². The number of nitrogens with one attached hydrogen (secondary N) is 1. The van der Waals surface area contributed by atoms with Crippen molar-refractivity contribution in [1.29, 1.82) is 0 Å². The van der Waals surface area contributed by atoms with E-state index in [1.807, 2.05) is 31.2 Å². The summed E-state index contributed by atoms with van der Waals surface area (Å²) in [4.78, 5) is 38.0. The first kappa shape index (κ1) is 24.8. The number of carboxylic acid groups (broad SMARTS) is 1. The number of benzene rings is 2. The smallest absolute Gasteiger partial charge is 0.407 e. The molecule has 35 heavy (non-hydrogen) atoms. The van der Waals surface area contributed by atoms with E-state index in [1.54, 1.807) is 11.8 Å². The average molecular weight is 479 g/mol. The Morgan fingerprint density at radius 3 is 2.20 bits per heavy atom. The number of aliphatic carboxylic acids is 1. The van der Waals surface area contributed by atoms with Gasteiger partial charge in [-0.2, -0.15) is 0 Å². The molecule has 0 radical (unpaired) electrons. The molecule has 1 fully saturated rings. The molecule has 0 saturated carbocycles. The van der Waals surface area contributed by atoms with Crippen molar-refractivity contribution in [3.8, 4) is 11.1 Å². The summed E-state index contributed by atoms with van der Waals surface area (Å²) in [6, 6.07) is 16.4. The lowest BCUT2D eigenvalue weighted by Crippen LogP contribution is -2.45. The molecule has 2 N–H and O–H groups in total. The number of alkyl carbamates (subject to hydrolysis) is 1. The highest BCUT2D eigenvalue weighted by molar-refractivity contribution is 5.79. The Hall–Kier alpha value is -3.35. The number of ether oxygens (including phenoxy) is 1. The van der Waals surface area contributed by atoms with Gasteiger partial charge in [0.15, 0.2) is 0 Å².